The summed E-state index contributed by atoms with van der Waals surface area (Å²) in [5.41, 5.74) is 2.34. The Labute approximate surface area is 118 Å². The molecule has 5 nitrogen and oxygen atoms in total. The van der Waals surface area contributed by atoms with Crippen LogP contribution in [0.3, 0.4) is 0 Å². The second-order valence-electron chi connectivity index (χ2n) is 4.88. The second kappa shape index (κ2) is 6.77. The van der Waals surface area contributed by atoms with Crippen molar-refractivity contribution in [1.82, 2.24) is 4.98 Å². The number of nitrogens with zero attached hydrogens (tertiary/aromatic N) is 2. The molecule has 2 rings (SSSR count). The van der Waals surface area contributed by atoms with E-state index in [2.05, 4.69) is 12.0 Å². The Morgan fingerprint density at radius 1 is 1.20 bits per heavy atom. The van der Waals surface area contributed by atoms with Crippen LogP contribution in [-0.2, 0) is 13.0 Å². The molecule has 2 aromatic rings. The fourth-order valence-corrected chi connectivity index (χ4v) is 2.06. The van der Waals surface area contributed by atoms with Gasteiger partial charge in [-0.25, -0.2) is 0 Å². The average molecular weight is 272 g/mol. The lowest BCUT2D eigenvalue weighted by molar-refractivity contribution is -0.893. The minimum absolute atomic E-state index is 0.139. The number of aromatic nitrogens is 1. The Balaban J connectivity index is 1.85. The predicted molar refractivity (Wildman–Crippen MR) is 76.5 cm³/mol. The summed E-state index contributed by atoms with van der Waals surface area (Å²) in [4.78, 5) is 15.9. The van der Waals surface area contributed by atoms with Gasteiger partial charge in [0.25, 0.3) is 5.69 Å². The molecule has 0 saturated carbocycles. The van der Waals surface area contributed by atoms with E-state index in [1.807, 2.05) is 30.3 Å². The normalized spacial score (nSPS) is 12.1. The number of benzene rings is 1. The highest BCUT2D eigenvalue weighted by atomic mass is 16.6. The number of pyridine rings is 1. The SMILES string of the molecule is C[NH+](CCc1ccccn1)Cc1ccc([N+](=O)[O-])cc1. The van der Waals surface area contributed by atoms with Gasteiger partial charge in [-0.2, -0.15) is 0 Å². The molecule has 1 heterocycles. The number of likely N-dealkylation sites (N-methyl/N-ethyl adjacent to an activating group) is 1. The van der Waals surface area contributed by atoms with Crippen molar-refractivity contribution < 1.29 is 9.82 Å². The maximum absolute atomic E-state index is 10.6. The quantitative estimate of drug-likeness (QED) is 0.636. The highest BCUT2D eigenvalue weighted by molar-refractivity contribution is 5.32. The average Bonchev–Trinajstić information content (AvgIpc) is 2.47. The minimum atomic E-state index is -0.374. The van der Waals surface area contributed by atoms with Gasteiger partial charge in [-0.1, -0.05) is 6.07 Å². The van der Waals surface area contributed by atoms with Gasteiger partial charge in [0, 0.05) is 36.0 Å². The van der Waals surface area contributed by atoms with E-state index in [-0.39, 0.29) is 10.6 Å². The second-order valence-corrected chi connectivity index (χ2v) is 4.88. The molecule has 1 atom stereocenters. The molecular formula is C15H18N3O2+. The number of rotatable bonds is 6. The molecule has 0 aliphatic rings. The van der Waals surface area contributed by atoms with Crippen molar-refractivity contribution in [1.29, 1.82) is 0 Å². The molecule has 0 aliphatic heterocycles. The van der Waals surface area contributed by atoms with Crippen LogP contribution in [0, 0.1) is 10.1 Å². The van der Waals surface area contributed by atoms with Gasteiger partial charge in [-0.15, -0.1) is 0 Å². The lowest BCUT2D eigenvalue weighted by atomic mass is 10.2. The van der Waals surface area contributed by atoms with Gasteiger partial charge >= 0.3 is 0 Å². The highest BCUT2D eigenvalue weighted by Gasteiger charge is 2.08. The summed E-state index contributed by atoms with van der Waals surface area (Å²) in [6.45, 7) is 1.83. The van der Waals surface area contributed by atoms with E-state index in [4.69, 9.17) is 0 Å². The van der Waals surface area contributed by atoms with Crippen molar-refractivity contribution in [3.05, 3.63) is 70.0 Å². The summed E-state index contributed by atoms with van der Waals surface area (Å²) in [6.07, 6.45) is 2.74. The van der Waals surface area contributed by atoms with Crippen LogP contribution in [-0.4, -0.2) is 23.5 Å². The predicted octanol–water partition coefficient (Wildman–Crippen LogP) is 1.25. The van der Waals surface area contributed by atoms with Gasteiger partial charge in [0.1, 0.15) is 6.54 Å². The maximum atomic E-state index is 10.6. The lowest BCUT2D eigenvalue weighted by Crippen LogP contribution is -3.07. The standard InChI is InChI=1S/C15H17N3O2/c1-17(11-9-14-4-2-3-10-16-14)12-13-5-7-15(8-6-13)18(19)20/h2-8,10H,9,11-12H2,1H3/p+1. The number of nitro benzene ring substituents is 1. The highest BCUT2D eigenvalue weighted by Crippen LogP contribution is 2.10. The van der Waals surface area contributed by atoms with Crippen LogP contribution in [0.2, 0.25) is 0 Å². The zero-order chi connectivity index (χ0) is 14.4. The zero-order valence-electron chi connectivity index (χ0n) is 11.5. The van der Waals surface area contributed by atoms with E-state index in [0.717, 1.165) is 30.8 Å². The van der Waals surface area contributed by atoms with Crippen molar-refractivity contribution in [2.24, 2.45) is 0 Å². The van der Waals surface area contributed by atoms with Gasteiger partial charge in [-0.3, -0.25) is 15.1 Å². The summed E-state index contributed by atoms with van der Waals surface area (Å²) >= 11 is 0. The Hall–Kier alpha value is -2.27. The van der Waals surface area contributed by atoms with Crippen molar-refractivity contribution >= 4 is 5.69 Å². The van der Waals surface area contributed by atoms with Crippen LogP contribution in [0.1, 0.15) is 11.3 Å². The summed E-state index contributed by atoms with van der Waals surface area (Å²) < 4.78 is 0. The van der Waals surface area contributed by atoms with Crippen LogP contribution < -0.4 is 4.90 Å². The summed E-state index contributed by atoms with van der Waals surface area (Å²) in [7, 11) is 2.12. The fourth-order valence-electron chi connectivity index (χ4n) is 2.06. The number of non-ortho nitro benzene ring substituents is 1. The first-order valence-corrected chi connectivity index (χ1v) is 6.59. The van der Waals surface area contributed by atoms with E-state index in [1.54, 1.807) is 18.3 Å². The number of hydrogen-bond acceptors (Lipinski definition) is 3. The third-order valence-electron chi connectivity index (χ3n) is 3.19. The van der Waals surface area contributed by atoms with Crippen molar-refractivity contribution in [3.63, 3.8) is 0 Å². The van der Waals surface area contributed by atoms with E-state index in [9.17, 15) is 10.1 Å². The van der Waals surface area contributed by atoms with Crippen LogP contribution in [0.15, 0.2) is 48.7 Å². The van der Waals surface area contributed by atoms with E-state index >= 15 is 0 Å². The number of nitrogens with one attached hydrogen (secondary N) is 1. The first-order valence-electron chi connectivity index (χ1n) is 6.59. The Kier molecular flexibility index (Phi) is 4.79. The lowest BCUT2D eigenvalue weighted by Gasteiger charge is -2.13. The molecule has 0 fully saturated rings. The first kappa shape index (κ1) is 14.1. The summed E-state index contributed by atoms with van der Waals surface area (Å²) in [6, 6.07) is 12.7. The minimum Gasteiger partial charge on any atom is -0.333 e. The van der Waals surface area contributed by atoms with E-state index in [0.29, 0.717) is 0 Å². The first-order chi connectivity index (χ1) is 9.65. The van der Waals surface area contributed by atoms with Gasteiger partial charge in [-0.05, 0) is 24.3 Å². The van der Waals surface area contributed by atoms with Crippen LogP contribution >= 0.6 is 0 Å². The number of nitro groups is 1. The fraction of sp³-hybridized carbons (Fsp3) is 0.267. The van der Waals surface area contributed by atoms with Gasteiger partial charge in [0.2, 0.25) is 0 Å². The molecule has 1 unspecified atom stereocenters. The molecule has 1 N–H and O–H groups in total. The third kappa shape index (κ3) is 4.13. The van der Waals surface area contributed by atoms with E-state index in [1.165, 1.54) is 4.90 Å². The molecule has 1 aromatic carbocycles. The van der Waals surface area contributed by atoms with Crippen LogP contribution in [0.5, 0.6) is 0 Å². The van der Waals surface area contributed by atoms with Crippen LogP contribution in [0.25, 0.3) is 0 Å². The smallest absolute Gasteiger partial charge is 0.269 e. The molecule has 0 spiro atoms. The van der Waals surface area contributed by atoms with E-state index < -0.39 is 0 Å². The van der Waals surface area contributed by atoms with Gasteiger partial charge in [0.15, 0.2) is 0 Å². The van der Waals surface area contributed by atoms with Gasteiger partial charge < -0.3 is 4.90 Å². The van der Waals surface area contributed by atoms with Crippen molar-refractivity contribution in [2.75, 3.05) is 13.6 Å². The summed E-state index contributed by atoms with van der Waals surface area (Å²) in [5, 5.41) is 10.6. The molecule has 20 heavy (non-hydrogen) atoms. The number of hydrogen-bond donors (Lipinski definition) is 1. The molecule has 0 radical (unpaired) electrons. The Morgan fingerprint density at radius 3 is 2.55 bits per heavy atom. The molecule has 0 bridgehead atoms. The Morgan fingerprint density at radius 2 is 1.95 bits per heavy atom. The third-order valence-corrected chi connectivity index (χ3v) is 3.19. The monoisotopic (exact) mass is 272 g/mol. The maximum Gasteiger partial charge on any atom is 0.269 e. The largest absolute Gasteiger partial charge is 0.333 e. The molecule has 5 heteroatoms. The van der Waals surface area contributed by atoms with Gasteiger partial charge in [0.05, 0.1) is 18.5 Å². The molecule has 0 aliphatic carbocycles. The van der Waals surface area contributed by atoms with Crippen LogP contribution in [0.4, 0.5) is 5.69 Å². The molecule has 0 amide bonds. The number of quaternary nitrogens is 1. The van der Waals surface area contributed by atoms with Crippen molar-refractivity contribution in [3.8, 4) is 0 Å². The topological polar surface area (TPSA) is 60.5 Å². The molecule has 0 saturated heterocycles. The Bertz CT molecular complexity index is 555. The molecule has 1 aromatic heterocycles. The molecule has 104 valence electrons. The molecular weight excluding hydrogens is 254 g/mol. The summed E-state index contributed by atoms with van der Waals surface area (Å²) in [5.74, 6) is 0. The van der Waals surface area contributed by atoms with Crippen molar-refractivity contribution in [2.45, 2.75) is 13.0 Å². The zero-order valence-corrected chi connectivity index (χ0v) is 11.5.